The Bertz CT molecular complexity index is 2530. The second kappa shape index (κ2) is 18.7. The molecule has 4 fully saturated rings. The van der Waals surface area contributed by atoms with Crippen molar-refractivity contribution in [3.05, 3.63) is 77.1 Å². The fourth-order valence-electron chi connectivity index (χ4n) is 9.86. The number of anilines is 6. The number of hydrogen-bond acceptors (Lipinski definition) is 15. The molecule has 342 valence electrons. The number of amides is 4. The highest BCUT2D eigenvalue weighted by atomic mass is 35.5. The largest absolute Gasteiger partial charge is 0.494 e. The van der Waals surface area contributed by atoms with Gasteiger partial charge in [-0.3, -0.25) is 39.3 Å². The van der Waals surface area contributed by atoms with Gasteiger partial charge in [0.2, 0.25) is 17.8 Å². The summed E-state index contributed by atoms with van der Waals surface area (Å²) in [5, 5.41) is 9.04. The maximum atomic E-state index is 13.4. The highest BCUT2D eigenvalue weighted by molar-refractivity contribution is 7.70. The average molecular weight is 924 g/mol. The topological polar surface area (TPSA) is 186 Å². The summed E-state index contributed by atoms with van der Waals surface area (Å²) in [7, 11) is -1.01. The van der Waals surface area contributed by atoms with Crippen LogP contribution in [0.4, 0.5) is 34.5 Å². The van der Waals surface area contributed by atoms with Crippen LogP contribution in [0.2, 0.25) is 5.02 Å². The Morgan fingerprint density at radius 2 is 1.49 bits per heavy atom. The first-order valence-electron chi connectivity index (χ1n) is 22.4. The summed E-state index contributed by atoms with van der Waals surface area (Å²) in [6.07, 6.45) is 7.67. The van der Waals surface area contributed by atoms with E-state index in [2.05, 4.69) is 62.6 Å². The van der Waals surface area contributed by atoms with Crippen LogP contribution in [-0.2, 0) is 14.2 Å². The number of nitrogens with one attached hydrogen (secondary N) is 3. The van der Waals surface area contributed by atoms with Crippen LogP contribution in [0.1, 0.15) is 59.2 Å². The lowest BCUT2D eigenvalue weighted by molar-refractivity contribution is -0.136. The number of piperazine rings is 1. The van der Waals surface area contributed by atoms with E-state index in [1.54, 1.807) is 50.9 Å². The summed E-state index contributed by atoms with van der Waals surface area (Å²) in [6.45, 7) is 12.4. The van der Waals surface area contributed by atoms with Crippen molar-refractivity contribution >= 4 is 82.3 Å². The van der Waals surface area contributed by atoms with Crippen molar-refractivity contribution in [2.75, 3.05) is 99.8 Å². The monoisotopic (exact) mass is 923 g/mol. The predicted molar refractivity (Wildman–Crippen MR) is 251 cm³/mol. The Labute approximate surface area is 383 Å². The van der Waals surface area contributed by atoms with Crippen molar-refractivity contribution < 1.29 is 28.5 Å². The molecule has 0 spiro atoms. The van der Waals surface area contributed by atoms with Gasteiger partial charge >= 0.3 is 0 Å². The number of benzene rings is 2. The number of nitrogens with zero attached hydrogens (tertiary/aromatic N) is 8. The minimum absolute atomic E-state index is 0.0981. The number of piperidine rings is 3. The zero-order valence-corrected chi connectivity index (χ0v) is 38.6. The molecule has 17 nitrogen and oxygen atoms in total. The third-order valence-corrected chi connectivity index (χ3v) is 15.1. The second-order valence-electron chi connectivity index (χ2n) is 17.9. The molecule has 0 bridgehead atoms. The molecule has 19 heteroatoms. The van der Waals surface area contributed by atoms with Crippen LogP contribution in [0.25, 0.3) is 0 Å². The van der Waals surface area contributed by atoms with Crippen LogP contribution in [-0.4, -0.2) is 145 Å². The van der Waals surface area contributed by atoms with E-state index in [1.807, 2.05) is 12.1 Å². The quantitative estimate of drug-likeness (QED) is 0.125. The number of pyridine rings is 1. The first kappa shape index (κ1) is 44.6. The molecule has 4 saturated heterocycles. The number of rotatable bonds is 12. The maximum Gasteiger partial charge on any atom is 0.262 e. The van der Waals surface area contributed by atoms with Gasteiger partial charge in [0.05, 0.1) is 35.8 Å². The molecule has 5 aliphatic rings. The zero-order chi connectivity index (χ0) is 45.4. The standard InChI is InChI=1S/C46H55ClN11O6P/c1-64-39-26-32(7-9-36(39)51-46-49-27-35(47)41(53-46)50-37-5-4-16-48-43(37)65(2,3)63)56-19-14-30(15-20-56)57-23-21-54(22-24-57)28-29-12-17-55(18-13-29)31-6-8-33-34(25-31)45(62)58(44(33)61)38-10-11-40(59)52-42(38)60/h4-9,16,25-27,29-30,38H,10-15,17-24,28H2,1-3H3,(H,52,59,60)(H2,49,50,51,53). The molecule has 4 aromatic rings. The number of hydrogen-bond donors (Lipinski definition) is 3. The summed E-state index contributed by atoms with van der Waals surface area (Å²) in [4.78, 5) is 75.1. The normalized spacial score (nSPS) is 20.6. The van der Waals surface area contributed by atoms with Crippen molar-refractivity contribution in [2.45, 2.75) is 50.6 Å². The molecule has 1 unspecified atom stereocenters. The first-order chi connectivity index (χ1) is 31.3. The number of fused-ring (bicyclic) bond motifs is 1. The van der Waals surface area contributed by atoms with Gasteiger partial charge in [0, 0.05) is 95.0 Å². The lowest BCUT2D eigenvalue weighted by Gasteiger charge is -2.44. The highest BCUT2D eigenvalue weighted by Gasteiger charge is 2.45. The number of halogens is 1. The molecule has 2 aromatic carbocycles. The zero-order valence-electron chi connectivity index (χ0n) is 37.0. The second-order valence-corrected chi connectivity index (χ2v) is 21.4. The third kappa shape index (κ3) is 9.56. The molecule has 1 atom stereocenters. The van der Waals surface area contributed by atoms with Crippen LogP contribution in [0.3, 0.4) is 0 Å². The van der Waals surface area contributed by atoms with E-state index in [9.17, 15) is 23.7 Å². The summed E-state index contributed by atoms with van der Waals surface area (Å²) in [5.74, 6) is 0.0232. The SMILES string of the molecule is COc1cc(N2CCC(N3CCN(CC4CCN(c5ccc6c(c5)C(=O)N(C5CCC(=O)NC5=O)C6=O)CC4)CC3)CC2)ccc1Nc1ncc(Cl)c(Nc2cccnc2P(C)(C)=O)n1. The van der Waals surface area contributed by atoms with Gasteiger partial charge in [-0.15, -0.1) is 0 Å². The molecule has 0 saturated carbocycles. The number of carbonyl (C=O) groups excluding carboxylic acids is 4. The van der Waals surface area contributed by atoms with Gasteiger partial charge < -0.3 is 34.6 Å². The Kier molecular flexibility index (Phi) is 12.8. The fraction of sp³-hybridized carbons (Fsp3) is 0.457. The Morgan fingerprint density at radius 3 is 2.20 bits per heavy atom. The molecule has 0 aliphatic carbocycles. The highest BCUT2D eigenvalue weighted by Crippen LogP contribution is 2.39. The van der Waals surface area contributed by atoms with E-state index in [-0.39, 0.29) is 18.7 Å². The number of aromatic nitrogens is 3. The molecule has 4 amide bonds. The van der Waals surface area contributed by atoms with Crippen molar-refractivity contribution in [1.82, 2.24) is 35.0 Å². The number of ether oxygens (including phenoxy) is 1. The number of imide groups is 2. The van der Waals surface area contributed by atoms with E-state index in [0.29, 0.717) is 62.4 Å². The molecular formula is C46H55ClN11O6P. The molecular weight excluding hydrogens is 869 g/mol. The molecule has 7 heterocycles. The summed E-state index contributed by atoms with van der Waals surface area (Å²) >= 11 is 6.48. The summed E-state index contributed by atoms with van der Waals surface area (Å²) in [5.41, 5.74) is 4.41. The fourth-order valence-corrected chi connectivity index (χ4v) is 11.1. The average Bonchev–Trinajstić information content (AvgIpc) is 3.55. The van der Waals surface area contributed by atoms with E-state index in [0.717, 1.165) is 101 Å². The van der Waals surface area contributed by atoms with Gasteiger partial charge in [-0.1, -0.05) is 11.6 Å². The van der Waals surface area contributed by atoms with Gasteiger partial charge in [0.1, 0.15) is 29.4 Å². The van der Waals surface area contributed by atoms with Crippen molar-refractivity contribution in [3.63, 3.8) is 0 Å². The smallest absolute Gasteiger partial charge is 0.262 e. The number of carbonyl (C=O) groups is 4. The van der Waals surface area contributed by atoms with Crippen LogP contribution in [0.15, 0.2) is 60.9 Å². The van der Waals surface area contributed by atoms with E-state index in [4.69, 9.17) is 16.3 Å². The minimum atomic E-state index is -2.66. The van der Waals surface area contributed by atoms with Crippen LogP contribution >= 0.6 is 18.7 Å². The van der Waals surface area contributed by atoms with E-state index < -0.39 is 30.9 Å². The van der Waals surface area contributed by atoms with Gasteiger partial charge in [-0.05, 0) is 93.8 Å². The maximum absolute atomic E-state index is 13.4. The van der Waals surface area contributed by atoms with Crippen LogP contribution < -0.4 is 35.9 Å². The first-order valence-corrected chi connectivity index (χ1v) is 25.4. The van der Waals surface area contributed by atoms with Gasteiger partial charge in [0.25, 0.3) is 11.8 Å². The molecule has 3 N–H and O–H groups in total. The van der Waals surface area contributed by atoms with Crippen LogP contribution in [0.5, 0.6) is 5.75 Å². The molecule has 2 aromatic heterocycles. The van der Waals surface area contributed by atoms with Crippen molar-refractivity contribution in [2.24, 2.45) is 5.92 Å². The Morgan fingerprint density at radius 1 is 0.800 bits per heavy atom. The lowest BCUT2D eigenvalue weighted by Crippen LogP contribution is -2.54. The Balaban J connectivity index is 0.724. The lowest BCUT2D eigenvalue weighted by atomic mass is 9.95. The summed E-state index contributed by atoms with van der Waals surface area (Å²) in [6, 6.07) is 14.7. The molecule has 65 heavy (non-hydrogen) atoms. The van der Waals surface area contributed by atoms with Crippen molar-refractivity contribution in [3.8, 4) is 5.75 Å². The predicted octanol–water partition coefficient (Wildman–Crippen LogP) is 5.17. The van der Waals surface area contributed by atoms with E-state index >= 15 is 0 Å². The minimum Gasteiger partial charge on any atom is -0.494 e. The van der Waals surface area contributed by atoms with Crippen molar-refractivity contribution in [1.29, 1.82) is 0 Å². The van der Waals surface area contributed by atoms with Gasteiger partial charge in [0.15, 0.2) is 5.82 Å². The Hall–Kier alpha value is -5.61. The molecule has 0 radical (unpaired) electrons. The molecule has 5 aliphatic heterocycles. The molecule has 9 rings (SSSR count). The van der Waals surface area contributed by atoms with Crippen LogP contribution in [0, 0.1) is 5.92 Å². The van der Waals surface area contributed by atoms with Gasteiger partial charge in [-0.2, -0.15) is 4.98 Å². The van der Waals surface area contributed by atoms with E-state index in [1.165, 1.54) is 6.20 Å². The number of methoxy groups -OCH3 is 1. The third-order valence-electron chi connectivity index (χ3n) is 13.4. The summed E-state index contributed by atoms with van der Waals surface area (Å²) < 4.78 is 18.7. The van der Waals surface area contributed by atoms with Gasteiger partial charge in [-0.25, -0.2) is 4.98 Å².